The molecule has 0 saturated carbocycles. The van der Waals surface area contributed by atoms with E-state index in [1.54, 1.807) is 12.1 Å². The van der Waals surface area contributed by atoms with Crippen LogP contribution in [0.4, 0.5) is 4.39 Å². The van der Waals surface area contributed by atoms with Crippen molar-refractivity contribution in [1.82, 2.24) is 0 Å². The van der Waals surface area contributed by atoms with Gasteiger partial charge in [0.2, 0.25) is 0 Å². The molecule has 0 fully saturated rings. The lowest BCUT2D eigenvalue weighted by molar-refractivity contribution is 0.366. The van der Waals surface area contributed by atoms with Crippen LogP contribution in [0, 0.1) is 11.7 Å². The van der Waals surface area contributed by atoms with Crippen molar-refractivity contribution in [2.75, 3.05) is 0 Å². The molecule has 0 spiro atoms. The van der Waals surface area contributed by atoms with Gasteiger partial charge in [-0.15, -0.1) is 0 Å². The average Bonchev–Trinajstić information content (AvgIpc) is 2.35. The number of rotatable bonds is 7. The predicted octanol–water partition coefficient (Wildman–Crippen LogP) is 4.57. The van der Waals surface area contributed by atoms with Gasteiger partial charge in [0.25, 0.3) is 0 Å². The zero-order chi connectivity index (χ0) is 13.5. The number of hydrogen-bond acceptors (Lipinski definition) is 1. The second-order valence-electron chi connectivity index (χ2n) is 4.88. The number of nitrogens with two attached hydrogens (primary N) is 1. The zero-order valence-electron chi connectivity index (χ0n) is 11.3. The van der Waals surface area contributed by atoms with Crippen LogP contribution >= 0.6 is 11.6 Å². The van der Waals surface area contributed by atoms with Crippen LogP contribution in [0.5, 0.6) is 0 Å². The molecule has 102 valence electrons. The van der Waals surface area contributed by atoms with Crippen molar-refractivity contribution in [2.24, 2.45) is 11.7 Å². The highest BCUT2D eigenvalue weighted by Gasteiger charge is 2.18. The first kappa shape index (κ1) is 15.5. The summed E-state index contributed by atoms with van der Waals surface area (Å²) in [4.78, 5) is 0. The fourth-order valence-electron chi connectivity index (χ4n) is 2.32. The summed E-state index contributed by atoms with van der Waals surface area (Å²) in [7, 11) is 0. The maximum Gasteiger partial charge on any atom is 0.127 e. The standard InChI is InChI=1S/C15H23ClFN/c1-3-5-7-11(4-2)15(18)10-12-13(16)8-6-9-14(12)17/h6,8-9,11,15H,3-5,7,10,18H2,1-2H3. The van der Waals surface area contributed by atoms with Crippen molar-refractivity contribution in [3.63, 3.8) is 0 Å². The summed E-state index contributed by atoms with van der Waals surface area (Å²) in [5.41, 5.74) is 6.77. The largest absolute Gasteiger partial charge is 0.327 e. The maximum absolute atomic E-state index is 13.7. The van der Waals surface area contributed by atoms with Gasteiger partial charge in [0.15, 0.2) is 0 Å². The van der Waals surface area contributed by atoms with E-state index < -0.39 is 0 Å². The highest BCUT2D eigenvalue weighted by atomic mass is 35.5. The molecule has 18 heavy (non-hydrogen) atoms. The van der Waals surface area contributed by atoms with E-state index in [4.69, 9.17) is 17.3 Å². The second kappa shape index (κ2) is 7.75. The molecular weight excluding hydrogens is 249 g/mol. The van der Waals surface area contributed by atoms with Gasteiger partial charge in [-0.05, 0) is 30.9 Å². The third-order valence-electron chi connectivity index (χ3n) is 3.56. The third kappa shape index (κ3) is 4.25. The summed E-state index contributed by atoms with van der Waals surface area (Å²) in [5, 5.41) is 0.482. The molecule has 0 radical (unpaired) electrons. The van der Waals surface area contributed by atoms with E-state index >= 15 is 0 Å². The molecule has 2 unspecified atom stereocenters. The first-order valence-corrected chi connectivity index (χ1v) is 7.16. The van der Waals surface area contributed by atoms with Gasteiger partial charge in [-0.3, -0.25) is 0 Å². The summed E-state index contributed by atoms with van der Waals surface area (Å²) in [5.74, 6) is 0.198. The number of hydrogen-bond donors (Lipinski definition) is 1. The Bertz CT molecular complexity index is 347. The highest BCUT2D eigenvalue weighted by Crippen LogP contribution is 2.24. The van der Waals surface area contributed by atoms with Crippen LogP contribution in [-0.4, -0.2) is 6.04 Å². The van der Waals surface area contributed by atoms with Crippen LogP contribution < -0.4 is 5.73 Å². The molecule has 2 atom stereocenters. The maximum atomic E-state index is 13.7. The quantitative estimate of drug-likeness (QED) is 0.773. The Kier molecular flexibility index (Phi) is 6.66. The minimum Gasteiger partial charge on any atom is -0.327 e. The molecule has 1 aromatic carbocycles. The first-order chi connectivity index (χ1) is 8.60. The molecule has 0 amide bonds. The van der Waals surface area contributed by atoms with Crippen LogP contribution in [-0.2, 0) is 6.42 Å². The van der Waals surface area contributed by atoms with Gasteiger partial charge in [0.05, 0.1) is 0 Å². The van der Waals surface area contributed by atoms with E-state index in [9.17, 15) is 4.39 Å². The number of halogens is 2. The zero-order valence-corrected chi connectivity index (χ0v) is 12.0. The molecule has 1 aromatic rings. The van der Waals surface area contributed by atoms with E-state index in [-0.39, 0.29) is 11.9 Å². The molecule has 0 aliphatic heterocycles. The summed E-state index contributed by atoms with van der Waals surface area (Å²) in [6.07, 6.45) is 5.02. The molecular formula is C15H23ClFN. The second-order valence-corrected chi connectivity index (χ2v) is 5.29. The van der Waals surface area contributed by atoms with E-state index in [2.05, 4.69) is 13.8 Å². The Morgan fingerprint density at radius 3 is 2.61 bits per heavy atom. The monoisotopic (exact) mass is 271 g/mol. The van der Waals surface area contributed by atoms with Crippen LogP contribution in [0.15, 0.2) is 18.2 Å². The minimum absolute atomic E-state index is 0.0176. The fourth-order valence-corrected chi connectivity index (χ4v) is 2.56. The van der Waals surface area contributed by atoms with Gasteiger partial charge >= 0.3 is 0 Å². The van der Waals surface area contributed by atoms with Crippen molar-refractivity contribution in [3.05, 3.63) is 34.6 Å². The van der Waals surface area contributed by atoms with Crippen LogP contribution in [0.1, 0.15) is 45.1 Å². The topological polar surface area (TPSA) is 26.0 Å². The molecule has 0 saturated heterocycles. The number of benzene rings is 1. The van der Waals surface area contributed by atoms with Gasteiger partial charge in [0, 0.05) is 16.6 Å². The molecule has 1 rings (SSSR count). The lowest BCUT2D eigenvalue weighted by Crippen LogP contribution is -2.32. The molecule has 3 heteroatoms. The van der Waals surface area contributed by atoms with Crippen LogP contribution in [0.3, 0.4) is 0 Å². The summed E-state index contributed by atoms with van der Waals surface area (Å²) in [6, 6.07) is 4.78. The average molecular weight is 272 g/mol. The van der Waals surface area contributed by atoms with Gasteiger partial charge in [0.1, 0.15) is 5.82 Å². The summed E-state index contributed by atoms with van der Waals surface area (Å²) in [6.45, 7) is 4.31. The highest BCUT2D eigenvalue weighted by molar-refractivity contribution is 6.31. The Morgan fingerprint density at radius 2 is 2.06 bits per heavy atom. The van der Waals surface area contributed by atoms with Gasteiger partial charge in [-0.25, -0.2) is 4.39 Å². The van der Waals surface area contributed by atoms with Gasteiger partial charge < -0.3 is 5.73 Å². The number of unbranched alkanes of at least 4 members (excludes halogenated alkanes) is 1. The molecule has 0 aromatic heterocycles. The Morgan fingerprint density at radius 1 is 1.33 bits per heavy atom. The Labute approximate surface area is 115 Å². The van der Waals surface area contributed by atoms with Crippen LogP contribution in [0.2, 0.25) is 5.02 Å². The minimum atomic E-state index is -0.247. The predicted molar refractivity (Wildman–Crippen MR) is 76.4 cm³/mol. The summed E-state index contributed by atoms with van der Waals surface area (Å²) < 4.78 is 13.7. The van der Waals surface area contributed by atoms with Crippen LogP contribution in [0.25, 0.3) is 0 Å². The Hall–Kier alpha value is -0.600. The molecule has 0 bridgehead atoms. The molecule has 1 nitrogen and oxygen atoms in total. The SMILES string of the molecule is CCCCC(CC)C(N)Cc1c(F)cccc1Cl. The van der Waals surface area contributed by atoms with E-state index in [1.807, 2.05) is 0 Å². The van der Waals surface area contributed by atoms with Crippen molar-refractivity contribution in [1.29, 1.82) is 0 Å². The van der Waals surface area contributed by atoms with E-state index in [1.165, 1.54) is 18.9 Å². The summed E-state index contributed by atoms with van der Waals surface area (Å²) >= 11 is 6.03. The smallest absolute Gasteiger partial charge is 0.127 e. The Balaban J connectivity index is 2.70. The van der Waals surface area contributed by atoms with E-state index in [0.717, 1.165) is 12.8 Å². The molecule has 2 N–H and O–H groups in total. The van der Waals surface area contributed by atoms with Gasteiger partial charge in [-0.1, -0.05) is 50.8 Å². The molecule has 0 heterocycles. The lowest BCUT2D eigenvalue weighted by atomic mass is 9.88. The van der Waals surface area contributed by atoms with Crippen molar-refractivity contribution in [2.45, 2.75) is 52.0 Å². The first-order valence-electron chi connectivity index (χ1n) is 6.78. The van der Waals surface area contributed by atoms with Crippen molar-refractivity contribution < 1.29 is 4.39 Å². The molecule has 0 aliphatic carbocycles. The third-order valence-corrected chi connectivity index (χ3v) is 3.91. The van der Waals surface area contributed by atoms with Gasteiger partial charge in [-0.2, -0.15) is 0 Å². The lowest BCUT2D eigenvalue weighted by Gasteiger charge is -2.23. The van der Waals surface area contributed by atoms with Crippen molar-refractivity contribution in [3.8, 4) is 0 Å². The molecule has 0 aliphatic rings. The van der Waals surface area contributed by atoms with E-state index in [0.29, 0.717) is 22.9 Å². The normalized spacial score (nSPS) is 14.5. The van der Waals surface area contributed by atoms with Crippen molar-refractivity contribution >= 4 is 11.6 Å². The fraction of sp³-hybridized carbons (Fsp3) is 0.600.